The van der Waals surface area contributed by atoms with Crippen LogP contribution in [0.2, 0.25) is 0 Å². The quantitative estimate of drug-likeness (QED) is 0.696. The third kappa shape index (κ3) is 5.26. The fourth-order valence-electron chi connectivity index (χ4n) is 1.79. The van der Waals surface area contributed by atoms with Crippen LogP contribution < -0.4 is 5.32 Å². The molecule has 0 spiro atoms. The third-order valence-corrected chi connectivity index (χ3v) is 3.04. The molecule has 0 saturated carbocycles. The number of nitrogens with zero attached hydrogens (tertiary/aromatic N) is 3. The van der Waals surface area contributed by atoms with E-state index in [0.29, 0.717) is 5.57 Å². The van der Waals surface area contributed by atoms with Crippen molar-refractivity contribution < 1.29 is 0 Å². The molecule has 18 heavy (non-hydrogen) atoms. The fourth-order valence-corrected chi connectivity index (χ4v) is 1.79. The second-order valence-electron chi connectivity index (χ2n) is 4.24. The summed E-state index contributed by atoms with van der Waals surface area (Å²) in [6, 6.07) is 2.11. The number of nitriles is 1. The van der Waals surface area contributed by atoms with Crippen molar-refractivity contribution in [2.75, 3.05) is 32.7 Å². The molecule has 1 aliphatic heterocycles. The Morgan fingerprint density at radius 3 is 2.89 bits per heavy atom. The minimum absolute atomic E-state index is 0.643. The van der Waals surface area contributed by atoms with Crippen molar-refractivity contribution in [1.29, 1.82) is 5.26 Å². The molecule has 0 radical (unpaired) electrons. The molecule has 0 aromatic rings. The Morgan fingerprint density at radius 2 is 2.22 bits per heavy atom. The maximum absolute atomic E-state index is 8.78. The minimum atomic E-state index is 0.643. The van der Waals surface area contributed by atoms with Crippen LogP contribution in [0.25, 0.3) is 0 Å². The van der Waals surface area contributed by atoms with Gasteiger partial charge in [0.2, 0.25) is 0 Å². The molecule has 0 unspecified atom stereocenters. The highest BCUT2D eigenvalue weighted by Gasteiger charge is 2.01. The summed E-state index contributed by atoms with van der Waals surface area (Å²) in [6.07, 6.45) is 6.20. The van der Waals surface area contributed by atoms with E-state index in [1.165, 1.54) is 5.57 Å². The zero-order valence-corrected chi connectivity index (χ0v) is 11.3. The molecule has 1 aliphatic rings. The van der Waals surface area contributed by atoms with E-state index >= 15 is 0 Å². The smallest absolute Gasteiger partial charge is 0.100 e. The van der Waals surface area contributed by atoms with Crippen LogP contribution in [-0.4, -0.2) is 43.8 Å². The van der Waals surface area contributed by atoms with Gasteiger partial charge in [-0.05, 0) is 25.1 Å². The first-order valence-corrected chi connectivity index (χ1v) is 6.54. The Morgan fingerprint density at radius 1 is 1.44 bits per heavy atom. The molecule has 0 aromatic heterocycles. The average molecular weight is 246 g/mol. The molecule has 1 N–H and O–H groups in total. The van der Waals surface area contributed by atoms with Crippen molar-refractivity contribution in [3.8, 4) is 6.07 Å². The van der Waals surface area contributed by atoms with E-state index in [1.54, 1.807) is 6.21 Å². The molecule has 1 rings (SSSR count). The largest absolute Gasteiger partial charge is 0.312 e. The number of rotatable bonds is 7. The van der Waals surface area contributed by atoms with Gasteiger partial charge in [0.15, 0.2) is 0 Å². The minimum Gasteiger partial charge on any atom is -0.312 e. The van der Waals surface area contributed by atoms with E-state index in [9.17, 15) is 0 Å². The highest BCUT2D eigenvalue weighted by atomic mass is 15.1. The van der Waals surface area contributed by atoms with Crippen molar-refractivity contribution in [3.63, 3.8) is 0 Å². The van der Waals surface area contributed by atoms with Crippen molar-refractivity contribution >= 4 is 6.21 Å². The van der Waals surface area contributed by atoms with Crippen LogP contribution in [0.4, 0.5) is 0 Å². The highest BCUT2D eigenvalue weighted by molar-refractivity contribution is 5.84. The summed E-state index contributed by atoms with van der Waals surface area (Å²) in [6.45, 7) is 9.45. The van der Waals surface area contributed by atoms with Crippen LogP contribution in [0.15, 0.2) is 28.4 Å². The number of nitrogens with one attached hydrogen (secondary N) is 1. The number of hydrogen-bond donors (Lipinski definition) is 1. The number of aliphatic imine (C=N–C) groups is 1. The first-order chi connectivity index (χ1) is 8.80. The van der Waals surface area contributed by atoms with Gasteiger partial charge in [-0.3, -0.25) is 4.99 Å². The van der Waals surface area contributed by atoms with Gasteiger partial charge in [-0.15, -0.1) is 0 Å². The van der Waals surface area contributed by atoms with Gasteiger partial charge in [-0.2, -0.15) is 5.26 Å². The summed E-state index contributed by atoms with van der Waals surface area (Å²) in [7, 11) is 0. The molecular formula is C14H22N4. The fraction of sp³-hybridized carbons (Fsp3) is 0.571. The molecule has 0 atom stereocenters. The van der Waals surface area contributed by atoms with E-state index in [0.717, 1.165) is 39.1 Å². The molecule has 0 aliphatic carbocycles. The van der Waals surface area contributed by atoms with Crippen LogP contribution in [0.3, 0.4) is 0 Å². The van der Waals surface area contributed by atoms with Crippen molar-refractivity contribution in [2.45, 2.75) is 20.3 Å². The highest BCUT2D eigenvalue weighted by Crippen LogP contribution is 2.07. The molecule has 4 heteroatoms. The van der Waals surface area contributed by atoms with Crippen molar-refractivity contribution in [1.82, 2.24) is 10.2 Å². The lowest BCUT2D eigenvalue weighted by Crippen LogP contribution is -2.32. The van der Waals surface area contributed by atoms with Crippen LogP contribution in [0.5, 0.6) is 0 Å². The third-order valence-electron chi connectivity index (χ3n) is 3.04. The van der Waals surface area contributed by atoms with E-state index in [4.69, 9.17) is 5.26 Å². The lowest BCUT2D eigenvalue weighted by atomic mass is 10.1. The predicted molar refractivity (Wildman–Crippen MR) is 75.5 cm³/mol. The normalized spacial score (nSPS) is 15.0. The maximum Gasteiger partial charge on any atom is 0.100 e. The zero-order valence-electron chi connectivity index (χ0n) is 11.3. The average Bonchev–Trinajstić information content (AvgIpc) is 2.64. The van der Waals surface area contributed by atoms with Crippen molar-refractivity contribution in [2.24, 2.45) is 4.99 Å². The van der Waals surface area contributed by atoms with Crippen LogP contribution in [0, 0.1) is 11.3 Å². The Kier molecular flexibility index (Phi) is 7.00. The molecule has 0 amide bonds. The van der Waals surface area contributed by atoms with Crippen LogP contribution in [-0.2, 0) is 0 Å². The van der Waals surface area contributed by atoms with Crippen LogP contribution in [0.1, 0.15) is 20.3 Å². The van der Waals surface area contributed by atoms with E-state index < -0.39 is 0 Å². The molecule has 98 valence electrons. The van der Waals surface area contributed by atoms with Gasteiger partial charge < -0.3 is 10.2 Å². The Bertz CT molecular complexity index is 370. The summed E-state index contributed by atoms with van der Waals surface area (Å²) in [5, 5.41) is 12.2. The van der Waals surface area contributed by atoms with Crippen molar-refractivity contribution in [3.05, 3.63) is 23.4 Å². The Hall–Kier alpha value is -1.44. The Balaban J connectivity index is 2.25. The summed E-state index contributed by atoms with van der Waals surface area (Å²) in [4.78, 5) is 6.51. The first-order valence-electron chi connectivity index (χ1n) is 6.54. The summed E-state index contributed by atoms with van der Waals surface area (Å²) < 4.78 is 0. The summed E-state index contributed by atoms with van der Waals surface area (Å²) in [5.41, 5.74) is 1.86. The van der Waals surface area contributed by atoms with Gasteiger partial charge in [-0.25, -0.2) is 0 Å². The van der Waals surface area contributed by atoms with Gasteiger partial charge in [0, 0.05) is 32.0 Å². The Labute approximate surface area is 110 Å². The molecule has 4 nitrogen and oxygen atoms in total. The second-order valence-corrected chi connectivity index (χ2v) is 4.24. The van der Waals surface area contributed by atoms with Gasteiger partial charge >= 0.3 is 0 Å². The molecule has 1 heterocycles. The van der Waals surface area contributed by atoms with Gasteiger partial charge in [0.25, 0.3) is 0 Å². The lowest BCUT2D eigenvalue weighted by molar-refractivity contribution is 0.304. The molecule has 0 saturated heterocycles. The lowest BCUT2D eigenvalue weighted by Gasteiger charge is -2.18. The monoisotopic (exact) mass is 246 g/mol. The van der Waals surface area contributed by atoms with E-state index in [1.807, 2.05) is 12.3 Å². The molecule has 0 aromatic carbocycles. The maximum atomic E-state index is 8.78. The second kappa shape index (κ2) is 8.62. The summed E-state index contributed by atoms with van der Waals surface area (Å²) in [5.74, 6) is 0. The van der Waals surface area contributed by atoms with Gasteiger partial charge in [-0.1, -0.05) is 19.9 Å². The van der Waals surface area contributed by atoms with E-state index in [-0.39, 0.29) is 0 Å². The predicted octanol–water partition coefficient (Wildman–Crippen LogP) is 1.73. The van der Waals surface area contributed by atoms with Gasteiger partial charge in [0.1, 0.15) is 6.07 Å². The number of allylic oxidation sites excluding steroid dienone is 2. The van der Waals surface area contributed by atoms with Gasteiger partial charge in [0.05, 0.1) is 5.57 Å². The first kappa shape index (κ1) is 14.6. The van der Waals surface area contributed by atoms with Crippen LogP contribution >= 0.6 is 0 Å². The van der Waals surface area contributed by atoms with E-state index in [2.05, 4.69) is 35.1 Å². The standard InChI is InChI=1S/C14H22N4/c1-3-18(4-2)8-7-16-11-14-6-5-13(9-15)10-17-12-14/h5,10,12,16H,3-4,6-8,11H2,1-2H3. The molecular weight excluding hydrogens is 224 g/mol. The summed E-state index contributed by atoms with van der Waals surface area (Å²) >= 11 is 0. The SMILES string of the molecule is CCN(CC)CCNCC1=CN=CC(C#N)=CC1. The number of likely N-dealkylation sites (N-methyl/N-ethyl adjacent to an activating group) is 1. The molecule has 0 fully saturated rings. The zero-order chi connectivity index (χ0) is 13.2. The topological polar surface area (TPSA) is 51.4 Å². The molecule has 0 bridgehead atoms. The number of hydrogen-bond acceptors (Lipinski definition) is 4.